The second kappa shape index (κ2) is 7.48. The molecule has 7 nitrogen and oxygen atoms in total. The van der Waals surface area contributed by atoms with Crippen LogP contribution in [0.15, 0.2) is 46.1 Å². The van der Waals surface area contributed by atoms with Gasteiger partial charge in [0.2, 0.25) is 11.1 Å². The van der Waals surface area contributed by atoms with Crippen molar-refractivity contribution >= 4 is 28.6 Å². The average molecular weight is 421 g/mol. The number of halogens is 3. The lowest BCUT2D eigenvalue weighted by molar-refractivity contribution is -0.274. The maximum absolute atomic E-state index is 12.6. The van der Waals surface area contributed by atoms with Gasteiger partial charge in [0, 0.05) is 4.90 Å². The number of aromatic nitrogens is 2. The molecule has 148 valence electrons. The summed E-state index contributed by atoms with van der Waals surface area (Å²) in [6.07, 6.45) is -3.21. The minimum Gasteiger partial charge on any atom is -0.476 e. The fourth-order valence-corrected chi connectivity index (χ4v) is 3.31. The van der Waals surface area contributed by atoms with Crippen LogP contribution in [0.25, 0.3) is 16.6 Å². The van der Waals surface area contributed by atoms with Crippen molar-refractivity contribution in [3.8, 4) is 17.5 Å². The fourth-order valence-electron chi connectivity index (χ4n) is 2.66. The third kappa shape index (κ3) is 4.02. The molecular formula is C18H10F3N3O4S. The molecule has 0 spiro atoms. The van der Waals surface area contributed by atoms with E-state index in [4.69, 9.17) is 0 Å². The Labute approximate surface area is 164 Å². The van der Waals surface area contributed by atoms with Crippen LogP contribution < -0.4 is 10.2 Å². The largest absolute Gasteiger partial charge is 0.573 e. The van der Waals surface area contributed by atoms with Crippen LogP contribution in [0.2, 0.25) is 0 Å². The van der Waals surface area contributed by atoms with Crippen LogP contribution in [0.1, 0.15) is 16.1 Å². The van der Waals surface area contributed by atoms with E-state index in [-0.39, 0.29) is 22.2 Å². The lowest BCUT2D eigenvalue weighted by Gasteiger charge is -2.14. The minimum absolute atomic E-state index is 0.0412. The van der Waals surface area contributed by atoms with Gasteiger partial charge in [-0.2, -0.15) is 10.4 Å². The van der Waals surface area contributed by atoms with Crippen molar-refractivity contribution in [1.29, 1.82) is 5.26 Å². The predicted molar refractivity (Wildman–Crippen MR) is 97.5 cm³/mol. The zero-order chi connectivity index (χ0) is 21.3. The monoisotopic (exact) mass is 421 g/mol. The molecule has 29 heavy (non-hydrogen) atoms. The van der Waals surface area contributed by atoms with E-state index >= 15 is 0 Å². The highest BCUT2D eigenvalue weighted by Crippen LogP contribution is 2.28. The predicted octanol–water partition coefficient (Wildman–Crippen LogP) is 3.58. The molecule has 0 atom stereocenters. The Morgan fingerprint density at radius 3 is 2.45 bits per heavy atom. The van der Waals surface area contributed by atoms with Gasteiger partial charge in [-0.1, -0.05) is 0 Å². The number of hydrogen-bond acceptors (Lipinski definition) is 6. The maximum atomic E-state index is 12.6. The first kappa shape index (κ1) is 20.2. The van der Waals surface area contributed by atoms with E-state index in [0.717, 1.165) is 28.6 Å². The zero-order valence-corrected chi connectivity index (χ0v) is 15.3. The van der Waals surface area contributed by atoms with Gasteiger partial charge in [-0.05, 0) is 42.7 Å². The molecule has 3 aromatic rings. The Hall–Kier alpha value is -3.52. The highest BCUT2D eigenvalue weighted by atomic mass is 32.2. The smallest absolute Gasteiger partial charge is 0.476 e. The van der Waals surface area contributed by atoms with Crippen LogP contribution >= 0.6 is 11.8 Å². The summed E-state index contributed by atoms with van der Waals surface area (Å²) in [7, 11) is 0. The second-order valence-electron chi connectivity index (χ2n) is 5.62. The lowest BCUT2D eigenvalue weighted by Crippen LogP contribution is -2.23. The number of thioether (sulfide) groups is 1. The average Bonchev–Trinajstić information content (AvgIpc) is 2.66. The number of alkyl halides is 3. The van der Waals surface area contributed by atoms with Crippen LogP contribution in [0.3, 0.4) is 0 Å². The minimum atomic E-state index is -4.87. The molecule has 0 fully saturated rings. The van der Waals surface area contributed by atoms with Crippen LogP contribution in [-0.2, 0) is 0 Å². The SMILES string of the molecule is CSc1cc(C#N)cc2c1c(=O)c(C(=O)O)nn2-c1ccc(OC(F)(F)F)cc1. The van der Waals surface area contributed by atoms with Gasteiger partial charge in [0.05, 0.1) is 28.2 Å². The molecule has 2 aromatic carbocycles. The summed E-state index contributed by atoms with van der Waals surface area (Å²) in [5.74, 6) is -2.04. The van der Waals surface area contributed by atoms with Gasteiger partial charge in [0.15, 0.2) is 0 Å². The van der Waals surface area contributed by atoms with Gasteiger partial charge in [-0.15, -0.1) is 24.9 Å². The highest BCUT2D eigenvalue weighted by Gasteiger charge is 2.31. The lowest BCUT2D eigenvalue weighted by atomic mass is 10.1. The molecule has 0 bridgehead atoms. The Morgan fingerprint density at radius 1 is 1.28 bits per heavy atom. The quantitative estimate of drug-likeness (QED) is 0.642. The van der Waals surface area contributed by atoms with E-state index in [9.17, 15) is 33.1 Å². The Morgan fingerprint density at radius 2 is 1.93 bits per heavy atom. The molecule has 0 radical (unpaired) electrons. The molecular weight excluding hydrogens is 411 g/mol. The molecule has 0 aliphatic carbocycles. The molecule has 1 aromatic heterocycles. The van der Waals surface area contributed by atoms with Gasteiger partial charge in [0.1, 0.15) is 5.75 Å². The molecule has 0 saturated carbocycles. The van der Waals surface area contributed by atoms with Gasteiger partial charge in [0.25, 0.3) is 0 Å². The first-order valence-electron chi connectivity index (χ1n) is 7.79. The van der Waals surface area contributed by atoms with E-state index in [1.165, 1.54) is 24.3 Å². The van der Waals surface area contributed by atoms with E-state index < -0.39 is 29.2 Å². The van der Waals surface area contributed by atoms with Crippen molar-refractivity contribution in [2.24, 2.45) is 0 Å². The van der Waals surface area contributed by atoms with E-state index in [1.54, 1.807) is 6.26 Å². The van der Waals surface area contributed by atoms with Crippen molar-refractivity contribution in [2.75, 3.05) is 6.26 Å². The standard InChI is InChI=1S/C18H10F3N3O4S/c1-29-13-7-9(8-22)6-12-14(13)16(25)15(17(26)27)23-24(12)10-2-4-11(5-3-10)28-18(19,20)21/h2-7H,1H3,(H,26,27). The van der Waals surface area contributed by atoms with Crippen LogP contribution in [0.4, 0.5) is 13.2 Å². The number of carboxylic acids is 1. The molecule has 0 saturated heterocycles. The van der Waals surface area contributed by atoms with Crippen molar-refractivity contribution in [2.45, 2.75) is 11.3 Å². The number of aromatic carboxylic acids is 1. The number of hydrogen-bond donors (Lipinski definition) is 1. The van der Waals surface area contributed by atoms with Gasteiger partial charge in [-0.3, -0.25) is 4.79 Å². The van der Waals surface area contributed by atoms with Crippen molar-refractivity contribution in [1.82, 2.24) is 9.78 Å². The Kier molecular flexibility index (Phi) is 5.21. The summed E-state index contributed by atoms with van der Waals surface area (Å²) < 4.78 is 42.0. The summed E-state index contributed by atoms with van der Waals surface area (Å²) >= 11 is 1.14. The summed E-state index contributed by atoms with van der Waals surface area (Å²) in [5.41, 5.74) is -1.05. The number of nitriles is 1. The summed E-state index contributed by atoms with van der Waals surface area (Å²) in [4.78, 5) is 24.5. The number of nitrogens with zero attached hydrogens (tertiary/aromatic N) is 3. The fraction of sp³-hybridized carbons (Fsp3) is 0.111. The molecule has 1 heterocycles. The molecule has 0 unspecified atom stereocenters. The van der Waals surface area contributed by atoms with E-state index in [2.05, 4.69) is 9.84 Å². The van der Waals surface area contributed by atoms with E-state index in [1.807, 2.05) is 6.07 Å². The highest BCUT2D eigenvalue weighted by molar-refractivity contribution is 7.98. The summed E-state index contributed by atoms with van der Waals surface area (Å²) in [6, 6.07) is 9.25. The van der Waals surface area contributed by atoms with Crippen molar-refractivity contribution in [3.63, 3.8) is 0 Å². The van der Waals surface area contributed by atoms with Gasteiger partial charge in [-0.25, -0.2) is 9.48 Å². The van der Waals surface area contributed by atoms with Gasteiger partial charge >= 0.3 is 12.3 Å². The Balaban J connectivity index is 2.32. The molecule has 3 rings (SSSR count). The summed E-state index contributed by atoms with van der Waals surface area (Å²) in [5, 5.41) is 22.5. The Bertz CT molecular complexity index is 1210. The molecule has 0 aliphatic rings. The second-order valence-corrected chi connectivity index (χ2v) is 6.47. The van der Waals surface area contributed by atoms with Crippen LogP contribution in [0, 0.1) is 11.3 Å². The topological polar surface area (TPSA) is 105 Å². The van der Waals surface area contributed by atoms with Crippen molar-refractivity contribution < 1.29 is 27.8 Å². The first-order valence-corrected chi connectivity index (χ1v) is 9.01. The molecule has 11 heteroatoms. The normalized spacial score (nSPS) is 11.3. The number of benzene rings is 2. The number of ether oxygens (including phenoxy) is 1. The number of carboxylic acid groups (broad SMARTS) is 1. The van der Waals surface area contributed by atoms with E-state index in [0.29, 0.717) is 4.90 Å². The summed E-state index contributed by atoms with van der Waals surface area (Å²) in [6.45, 7) is 0. The first-order chi connectivity index (χ1) is 13.6. The zero-order valence-electron chi connectivity index (χ0n) is 14.5. The van der Waals surface area contributed by atoms with Crippen LogP contribution in [0.5, 0.6) is 5.75 Å². The van der Waals surface area contributed by atoms with Crippen LogP contribution in [-0.4, -0.2) is 33.5 Å². The molecule has 0 aliphatic heterocycles. The molecule has 0 amide bonds. The number of carbonyl (C=O) groups is 1. The third-order valence-electron chi connectivity index (χ3n) is 3.82. The molecule has 1 N–H and O–H groups in total. The third-order valence-corrected chi connectivity index (χ3v) is 4.58. The van der Waals surface area contributed by atoms with Gasteiger partial charge < -0.3 is 9.84 Å². The number of rotatable bonds is 4. The maximum Gasteiger partial charge on any atom is 0.573 e. The van der Waals surface area contributed by atoms with Crippen molar-refractivity contribution in [3.05, 3.63) is 57.9 Å². The number of fused-ring (bicyclic) bond motifs is 1.